The van der Waals surface area contributed by atoms with E-state index in [9.17, 15) is 8.42 Å². The van der Waals surface area contributed by atoms with Crippen molar-refractivity contribution in [1.29, 1.82) is 0 Å². The first-order chi connectivity index (χ1) is 11.4. The summed E-state index contributed by atoms with van der Waals surface area (Å²) in [5.74, 6) is 0.358. The third kappa shape index (κ3) is 4.90. The summed E-state index contributed by atoms with van der Waals surface area (Å²) in [6.45, 7) is 4.18. The van der Waals surface area contributed by atoms with Crippen LogP contribution in [0.1, 0.15) is 49.8 Å². The number of rotatable bonds is 8. The number of aliphatic hydroxyl groups excluding tert-OH is 1. The summed E-state index contributed by atoms with van der Waals surface area (Å²) < 4.78 is 28.1. The highest BCUT2D eigenvalue weighted by Crippen LogP contribution is 2.23. The first-order valence-corrected chi connectivity index (χ1v) is 9.70. The molecule has 0 saturated carbocycles. The van der Waals surface area contributed by atoms with Crippen LogP contribution >= 0.6 is 0 Å². The van der Waals surface area contributed by atoms with Crippen molar-refractivity contribution >= 4 is 10.0 Å². The third-order valence-corrected chi connectivity index (χ3v) is 5.49. The van der Waals surface area contributed by atoms with E-state index in [4.69, 9.17) is 5.11 Å². The Kier molecular flexibility index (Phi) is 6.54. The molecule has 24 heavy (non-hydrogen) atoms. The van der Waals surface area contributed by atoms with Crippen molar-refractivity contribution in [2.24, 2.45) is 0 Å². The van der Waals surface area contributed by atoms with Crippen LogP contribution in [0.15, 0.2) is 59.5 Å². The average molecular weight is 347 g/mol. The zero-order chi connectivity index (χ0) is 17.6. The van der Waals surface area contributed by atoms with Crippen molar-refractivity contribution in [3.05, 3.63) is 65.7 Å². The molecule has 2 N–H and O–H groups in total. The standard InChI is InChI=1S/C19H25NO3S/c1-15(2)16-10-12-18(13-11-16)24(22,23)20-19(9-6-14-21)17-7-4-3-5-8-17/h3-5,7-8,10-13,15,19-21H,6,9,14H2,1-2H3. The van der Waals surface area contributed by atoms with Gasteiger partial charge in [0.05, 0.1) is 4.90 Å². The molecule has 1 atom stereocenters. The van der Waals surface area contributed by atoms with Crippen LogP contribution in [0.25, 0.3) is 0 Å². The van der Waals surface area contributed by atoms with E-state index in [-0.39, 0.29) is 17.5 Å². The molecule has 2 aromatic carbocycles. The zero-order valence-electron chi connectivity index (χ0n) is 14.1. The summed E-state index contributed by atoms with van der Waals surface area (Å²) >= 11 is 0. The Balaban J connectivity index is 2.23. The lowest BCUT2D eigenvalue weighted by Gasteiger charge is -2.19. The van der Waals surface area contributed by atoms with Crippen LogP contribution < -0.4 is 4.72 Å². The van der Waals surface area contributed by atoms with Crippen LogP contribution in [0.3, 0.4) is 0 Å². The maximum Gasteiger partial charge on any atom is 0.241 e. The zero-order valence-corrected chi connectivity index (χ0v) is 15.0. The molecule has 1 unspecified atom stereocenters. The predicted octanol–water partition coefficient (Wildman–Crippen LogP) is 3.60. The lowest BCUT2D eigenvalue weighted by Crippen LogP contribution is -2.29. The monoisotopic (exact) mass is 347 g/mol. The van der Waals surface area contributed by atoms with Crippen molar-refractivity contribution in [3.63, 3.8) is 0 Å². The van der Waals surface area contributed by atoms with Gasteiger partial charge in [0.25, 0.3) is 0 Å². The van der Waals surface area contributed by atoms with Crippen molar-refractivity contribution in [1.82, 2.24) is 4.72 Å². The summed E-state index contributed by atoms with van der Waals surface area (Å²) in [4.78, 5) is 0.261. The Hall–Kier alpha value is -1.69. The van der Waals surface area contributed by atoms with Gasteiger partial charge in [-0.15, -0.1) is 0 Å². The molecular formula is C19H25NO3S. The van der Waals surface area contributed by atoms with Gasteiger partial charge in [0.15, 0.2) is 0 Å². The maximum atomic E-state index is 12.7. The summed E-state index contributed by atoms with van der Waals surface area (Å²) in [5, 5.41) is 9.08. The molecule has 0 amide bonds. The Morgan fingerprint density at radius 3 is 2.12 bits per heavy atom. The summed E-state index contributed by atoms with van der Waals surface area (Å²) in [7, 11) is -3.61. The number of benzene rings is 2. The molecule has 0 aliphatic heterocycles. The lowest BCUT2D eigenvalue weighted by molar-refractivity contribution is 0.278. The quantitative estimate of drug-likeness (QED) is 0.767. The third-order valence-electron chi connectivity index (χ3n) is 4.01. The van der Waals surface area contributed by atoms with Crippen LogP contribution in [0, 0.1) is 0 Å². The number of sulfonamides is 1. The molecule has 130 valence electrons. The number of nitrogens with one attached hydrogen (secondary N) is 1. The second kappa shape index (κ2) is 8.42. The van der Waals surface area contributed by atoms with Crippen LogP contribution in [0.2, 0.25) is 0 Å². The average Bonchev–Trinajstić information content (AvgIpc) is 2.59. The minimum atomic E-state index is -3.61. The van der Waals surface area contributed by atoms with Crippen LogP contribution in [0.5, 0.6) is 0 Å². The molecule has 0 bridgehead atoms. The van der Waals surface area contributed by atoms with E-state index in [2.05, 4.69) is 18.6 Å². The number of hydrogen-bond donors (Lipinski definition) is 2. The van der Waals surface area contributed by atoms with E-state index in [0.29, 0.717) is 18.8 Å². The van der Waals surface area contributed by atoms with Gasteiger partial charge in [0.1, 0.15) is 0 Å². The molecule has 0 aliphatic rings. The molecule has 5 heteroatoms. The molecule has 0 saturated heterocycles. The van der Waals surface area contributed by atoms with E-state index < -0.39 is 10.0 Å². The molecule has 0 spiro atoms. The van der Waals surface area contributed by atoms with Crippen molar-refractivity contribution < 1.29 is 13.5 Å². The second-order valence-corrected chi connectivity index (χ2v) is 7.89. The molecule has 2 aromatic rings. The van der Waals surface area contributed by atoms with Crippen molar-refractivity contribution in [2.75, 3.05) is 6.61 Å². The topological polar surface area (TPSA) is 66.4 Å². The van der Waals surface area contributed by atoms with Gasteiger partial charge in [-0.3, -0.25) is 0 Å². The highest BCUT2D eigenvalue weighted by atomic mass is 32.2. The van der Waals surface area contributed by atoms with E-state index >= 15 is 0 Å². The molecule has 0 heterocycles. The normalized spacial score (nSPS) is 13.2. The van der Waals surface area contributed by atoms with Crippen molar-refractivity contribution in [3.8, 4) is 0 Å². The minimum Gasteiger partial charge on any atom is -0.396 e. The first kappa shape index (κ1) is 18.6. The maximum absolute atomic E-state index is 12.7. The van der Waals surface area contributed by atoms with Crippen LogP contribution in [0.4, 0.5) is 0 Å². The molecule has 0 aromatic heterocycles. The summed E-state index contributed by atoms with van der Waals surface area (Å²) in [6.07, 6.45) is 1.08. The minimum absolute atomic E-state index is 0.0359. The second-order valence-electron chi connectivity index (χ2n) is 6.17. The van der Waals surface area contributed by atoms with Crippen LogP contribution in [-0.2, 0) is 10.0 Å². The number of hydrogen-bond acceptors (Lipinski definition) is 3. The van der Waals surface area contributed by atoms with E-state index in [1.165, 1.54) is 0 Å². The first-order valence-electron chi connectivity index (χ1n) is 8.22. The fourth-order valence-corrected chi connectivity index (χ4v) is 3.82. The van der Waals surface area contributed by atoms with Gasteiger partial charge < -0.3 is 5.11 Å². The molecule has 0 fully saturated rings. The number of aliphatic hydroxyl groups is 1. The molecule has 4 nitrogen and oxygen atoms in total. The molecule has 0 aliphatic carbocycles. The fourth-order valence-electron chi connectivity index (χ4n) is 2.56. The smallest absolute Gasteiger partial charge is 0.241 e. The van der Waals surface area contributed by atoms with Gasteiger partial charge in [-0.05, 0) is 42.0 Å². The SMILES string of the molecule is CC(C)c1ccc(S(=O)(=O)NC(CCCO)c2ccccc2)cc1. The Morgan fingerprint density at radius 1 is 0.958 bits per heavy atom. The molecular weight excluding hydrogens is 322 g/mol. The fraction of sp³-hybridized carbons (Fsp3) is 0.368. The van der Waals surface area contributed by atoms with Gasteiger partial charge >= 0.3 is 0 Å². The Bertz CT molecular complexity index is 725. The van der Waals surface area contributed by atoms with Gasteiger partial charge in [0, 0.05) is 12.6 Å². The van der Waals surface area contributed by atoms with Crippen LogP contribution in [-0.4, -0.2) is 20.1 Å². The van der Waals surface area contributed by atoms with E-state index in [1.807, 2.05) is 42.5 Å². The molecule has 2 rings (SSSR count). The summed E-state index contributed by atoms with van der Waals surface area (Å²) in [6, 6.07) is 16.1. The van der Waals surface area contributed by atoms with E-state index in [0.717, 1.165) is 11.1 Å². The Morgan fingerprint density at radius 2 is 1.58 bits per heavy atom. The van der Waals surface area contributed by atoms with Gasteiger partial charge in [0.2, 0.25) is 10.0 Å². The predicted molar refractivity (Wildman–Crippen MR) is 96.4 cm³/mol. The van der Waals surface area contributed by atoms with Gasteiger partial charge in [-0.1, -0.05) is 56.3 Å². The summed E-state index contributed by atoms with van der Waals surface area (Å²) in [5.41, 5.74) is 2.00. The molecule has 0 radical (unpaired) electrons. The lowest BCUT2D eigenvalue weighted by atomic mass is 10.0. The van der Waals surface area contributed by atoms with Gasteiger partial charge in [-0.2, -0.15) is 0 Å². The highest BCUT2D eigenvalue weighted by Gasteiger charge is 2.21. The van der Waals surface area contributed by atoms with Crippen molar-refractivity contribution in [2.45, 2.75) is 43.5 Å². The van der Waals surface area contributed by atoms with Gasteiger partial charge in [-0.25, -0.2) is 13.1 Å². The Labute approximate surface area is 144 Å². The largest absolute Gasteiger partial charge is 0.396 e. The van der Waals surface area contributed by atoms with E-state index in [1.54, 1.807) is 12.1 Å². The highest BCUT2D eigenvalue weighted by molar-refractivity contribution is 7.89.